The van der Waals surface area contributed by atoms with Crippen molar-refractivity contribution in [1.29, 1.82) is 0 Å². The summed E-state index contributed by atoms with van der Waals surface area (Å²) in [5.74, 6) is 0.0403. The summed E-state index contributed by atoms with van der Waals surface area (Å²) in [6.45, 7) is 5.66. The molecule has 1 aromatic carbocycles. The molecule has 0 saturated carbocycles. The van der Waals surface area contributed by atoms with Gasteiger partial charge in [-0.3, -0.25) is 9.59 Å². The minimum Gasteiger partial charge on any atom is -0.336 e. The summed E-state index contributed by atoms with van der Waals surface area (Å²) in [7, 11) is 0. The third-order valence-corrected chi connectivity index (χ3v) is 5.10. The smallest absolute Gasteiger partial charge is 0.263 e. The van der Waals surface area contributed by atoms with Gasteiger partial charge >= 0.3 is 0 Å². The van der Waals surface area contributed by atoms with Gasteiger partial charge in [-0.25, -0.2) is 0 Å². The molecule has 3 rings (SSSR count). The summed E-state index contributed by atoms with van der Waals surface area (Å²) < 4.78 is 0. The molecule has 4 nitrogen and oxygen atoms in total. The second-order valence-electron chi connectivity index (χ2n) is 5.75. The number of thiophene rings is 1. The summed E-state index contributed by atoms with van der Waals surface area (Å²) in [6.07, 6.45) is 0. The van der Waals surface area contributed by atoms with Crippen molar-refractivity contribution < 1.29 is 9.59 Å². The van der Waals surface area contributed by atoms with Crippen LogP contribution in [0.5, 0.6) is 0 Å². The fraction of sp³-hybridized carbons (Fsp3) is 0.333. The van der Waals surface area contributed by atoms with E-state index in [0.29, 0.717) is 19.6 Å². The van der Waals surface area contributed by atoms with Gasteiger partial charge in [-0.1, -0.05) is 24.3 Å². The zero-order chi connectivity index (χ0) is 16.4. The fourth-order valence-electron chi connectivity index (χ4n) is 2.89. The Hall–Kier alpha value is -2.14. The van der Waals surface area contributed by atoms with Crippen molar-refractivity contribution in [3.8, 4) is 0 Å². The van der Waals surface area contributed by atoms with Gasteiger partial charge in [0, 0.05) is 25.3 Å². The Labute approximate surface area is 140 Å². The number of hydrogen-bond acceptors (Lipinski definition) is 3. The van der Waals surface area contributed by atoms with Crippen LogP contribution in [-0.2, 0) is 4.79 Å². The molecule has 0 unspecified atom stereocenters. The molecule has 23 heavy (non-hydrogen) atoms. The van der Waals surface area contributed by atoms with Crippen molar-refractivity contribution in [2.75, 3.05) is 24.5 Å². The predicted molar refractivity (Wildman–Crippen MR) is 92.9 cm³/mol. The van der Waals surface area contributed by atoms with Gasteiger partial charge in [0.25, 0.3) is 5.91 Å². The van der Waals surface area contributed by atoms with Gasteiger partial charge in [-0.2, -0.15) is 0 Å². The van der Waals surface area contributed by atoms with Crippen LogP contribution in [0.1, 0.15) is 22.2 Å². The first-order valence-electron chi connectivity index (χ1n) is 7.81. The quantitative estimate of drug-likeness (QED) is 0.865. The lowest BCUT2D eigenvalue weighted by Crippen LogP contribution is -2.56. The number of benzene rings is 1. The molecule has 120 valence electrons. The van der Waals surface area contributed by atoms with Crippen LogP contribution in [0.15, 0.2) is 41.8 Å². The highest BCUT2D eigenvalue weighted by atomic mass is 32.1. The van der Waals surface area contributed by atoms with Crippen LogP contribution in [0.4, 0.5) is 5.69 Å². The average molecular weight is 328 g/mol. The van der Waals surface area contributed by atoms with Gasteiger partial charge in [0.1, 0.15) is 0 Å². The maximum atomic E-state index is 12.8. The molecule has 1 saturated heterocycles. The van der Waals surface area contributed by atoms with E-state index in [-0.39, 0.29) is 17.7 Å². The molecule has 0 radical (unpaired) electrons. The molecule has 2 amide bonds. The van der Waals surface area contributed by atoms with Gasteiger partial charge in [0.2, 0.25) is 5.91 Å². The van der Waals surface area contributed by atoms with Crippen LogP contribution in [0.2, 0.25) is 0 Å². The molecule has 2 aromatic rings. The maximum Gasteiger partial charge on any atom is 0.263 e. The molecule has 1 aliphatic rings. The number of nitrogens with zero attached hydrogens (tertiary/aromatic N) is 2. The lowest BCUT2D eigenvalue weighted by Gasteiger charge is -2.40. The molecule has 1 aromatic heterocycles. The standard InChI is InChI=1S/C18H20N2O2S/c1-3-20(15-8-5-4-7-13(15)2)17(21)14-11-19(12-14)18(22)16-9-6-10-23-16/h4-10,14H,3,11-12H2,1-2H3. The van der Waals surface area contributed by atoms with E-state index < -0.39 is 0 Å². The van der Waals surface area contributed by atoms with Crippen molar-refractivity contribution in [3.05, 3.63) is 52.2 Å². The van der Waals surface area contributed by atoms with Crippen molar-refractivity contribution >= 4 is 28.8 Å². The number of rotatable bonds is 4. The zero-order valence-corrected chi connectivity index (χ0v) is 14.2. The molecule has 1 fully saturated rings. The molecule has 2 heterocycles. The van der Waals surface area contributed by atoms with Crippen molar-refractivity contribution in [3.63, 3.8) is 0 Å². The second kappa shape index (κ2) is 6.54. The maximum absolute atomic E-state index is 12.8. The van der Waals surface area contributed by atoms with Gasteiger partial charge in [0.15, 0.2) is 0 Å². The number of anilines is 1. The van der Waals surface area contributed by atoms with E-state index in [9.17, 15) is 9.59 Å². The topological polar surface area (TPSA) is 40.6 Å². The number of hydrogen-bond donors (Lipinski definition) is 0. The van der Waals surface area contributed by atoms with Gasteiger partial charge in [-0.05, 0) is 36.9 Å². The third kappa shape index (κ3) is 3.01. The van der Waals surface area contributed by atoms with Crippen LogP contribution >= 0.6 is 11.3 Å². The van der Waals surface area contributed by atoms with Crippen LogP contribution in [-0.4, -0.2) is 36.3 Å². The molecule has 5 heteroatoms. The van der Waals surface area contributed by atoms with Crippen molar-refractivity contribution in [1.82, 2.24) is 4.90 Å². The Kier molecular flexibility index (Phi) is 4.48. The van der Waals surface area contributed by atoms with E-state index in [2.05, 4.69) is 0 Å². The highest BCUT2D eigenvalue weighted by Gasteiger charge is 2.38. The summed E-state index contributed by atoms with van der Waals surface area (Å²) in [5, 5.41) is 1.90. The molecule has 0 aliphatic carbocycles. The van der Waals surface area contributed by atoms with Gasteiger partial charge in [0.05, 0.1) is 10.8 Å². The average Bonchev–Trinajstić information content (AvgIpc) is 3.02. The first-order chi connectivity index (χ1) is 11.1. The van der Waals surface area contributed by atoms with Crippen LogP contribution in [0, 0.1) is 12.8 Å². The van der Waals surface area contributed by atoms with Gasteiger partial charge < -0.3 is 9.80 Å². The van der Waals surface area contributed by atoms with E-state index >= 15 is 0 Å². The molecule has 0 N–H and O–H groups in total. The lowest BCUT2D eigenvalue weighted by atomic mass is 9.97. The van der Waals surface area contributed by atoms with E-state index in [1.807, 2.05) is 60.5 Å². The Balaban J connectivity index is 1.66. The van der Waals surface area contributed by atoms with Crippen LogP contribution in [0.25, 0.3) is 0 Å². The van der Waals surface area contributed by atoms with E-state index in [0.717, 1.165) is 16.1 Å². The zero-order valence-electron chi connectivity index (χ0n) is 13.4. The molecule has 1 aliphatic heterocycles. The lowest BCUT2D eigenvalue weighted by molar-refractivity contribution is -0.126. The van der Waals surface area contributed by atoms with Crippen molar-refractivity contribution in [2.24, 2.45) is 5.92 Å². The van der Waals surface area contributed by atoms with Gasteiger partial charge in [-0.15, -0.1) is 11.3 Å². The van der Waals surface area contributed by atoms with Crippen molar-refractivity contribution in [2.45, 2.75) is 13.8 Å². The SMILES string of the molecule is CCN(C(=O)C1CN(C(=O)c2cccs2)C1)c1ccccc1C. The Morgan fingerprint density at radius 2 is 1.96 bits per heavy atom. The molecular formula is C18H20N2O2S. The fourth-order valence-corrected chi connectivity index (χ4v) is 3.58. The van der Waals surface area contributed by atoms with E-state index in [4.69, 9.17) is 0 Å². The number of para-hydroxylation sites is 1. The Morgan fingerprint density at radius 3 is 2.57 bits per heavy atom. The largest absolute Gasteiger partial charge is 0.336 e. The predicted octanol–water partition coefficient (Wildman–Crippen LogP) is 3.18. The normalized spacial score (nSPS) is 14.4. The number of carbonyl (C=O) groups excluding carboxylic acids is 2. The molecule has 0 atom stereocenters. The Morgan fingerprint density at radius 1 is 1.22 bits per heavy atom. The number of aryl methyl sites for hydroxylation is 1. The number of amides is 2. The van der Waals surface area contributed by atoms with E-state index in [1.165, 1.54) is 11.3 Å². The Bertz CT molecular complexity index is 706. The highest BCUT2D eigenvalue weighted by molar-refractivity contribution is 7.12. The second-order valence-corrected chi connectivity index (χ2v) is 6.70. The number of likely N-dealkylation sites (tertiary alicyclic amines) is 1. The first-order valence-corrected chi connectivity index (χ1v) is 8.69. The third-order valence-electron chi connectivity index (χ3n) is 4.24. The summed E-state index contributed by atoms with van der Waals surface area (Å²) in [5.41, 5.74) is 2.05. The van der Waals surface area contributed by atoms with Crippen LogP contribution in [0.3, 0.4) is 0 Å². The highest BCUT2D eigenvalue weighted by Crippen LogP contribution is 2.26. The first kappa shape index (κ1) is 15.7. The minimum absolute atomic E-state index is 0.0305. The summed E-state index contributed by atoms with van der Waals surface area (Å²) in [6, 6.07) is 11.6. The van der Waals surface area contributed by atoms with E-state index in [1.54, 1.807) is 4.90 Å². The summed E-state index contributed by atoms with van der Waals surface area (Å²) in [4.78, 5) is 29.3. The van der Waals surface area contributed by atoms with Crippen LogP contribution < -0.4 is 4.90 Å². The minimum atomic E-state index is -0.0986. The number of carbonyl (C=O) groups is 2. The summed E-state index contributed by atoms with van der Waals surface area (Å²) >= 11 is 1.44. The molecular weight excluding hydrogens is 308 g/mol. The molecule has 0 spiro atoms. The molecule has 0 bridgehead atoms. The monoisotopic (exact) mass is 328 g/mol.